The van der Waals surface area contributed by atoms with Gasteiger partial charge in [-0.2, -0.15) is 0 Å². The van der Waals surface area contributed by atoms with E-state index in [-0.39, 0.29) is 11.3 Å². The Morgan fingerprint density at radius 3 is 2.35 bits per heavy atom. The predicted octanol–water partition coefficient (Wildman–Crippen LogP) is 2.06. The minimum absolute atomic E-state index is 0.221. The number of carbonyl (C=O) groups excluding carboxylic acids is 1. The summed E-state index contributed by atoms with van der Waals surface area (Å²) in [5.74, 6) is -2.42. The first-order valence-electron chi connectivity index (χ1n) is 6.04. The maximum Gasteiger partial charge on any atom is 0.326 e. The minimum Gasteiger partial charge on any atom is -0.497 e. The highest BCUT2D eigenvalue weighted by Crippen LogP contribution is 2.21. The maximum atomic E-state index is 13.7. The highest BCUT2D eigenvalue weighted by molar-refractivity contribution is 5.97. The quantitative estimate of drug-likeness (QED) is 0.887. The van der Waals surface area contributed by atoms with Gasteiger partial charge in [-0.05, 0) is 17.5 Å². The van der Waals surface area contributed by atoms with Crippen LogP contribution in [0, 0.1) is 11.2 Å². The molecule has 0 radical (unpaired) electrons. The number of ether oxygens (including phenoxy) is 1. The molecule has 1 amide bonds. The summed E-state index contributed by atoms with van der Waals surface area (Å²) >= 11 is 0. The van der Waals surface area contributed by atoms with Gasteiger partial charge in [-0.3, -0.25) is 4.79 Å². The van der Waals surface area contributed by atoms with E-state index in [1.807, 2.05) is 0 Å². The molecule has 0 aliphatic carbocycles. The molecular formula is C14H18FNO4. The Bertz CT molecular complexity index is 522. The van der Waals surface area contributed by atoms with E-state index in [9.17, 15) is 14.0 Å². The average Bonchev–Trinajstić information content (AvgIpc) is 2.33. The lowest BCUT2D eigenvalue weighted by molar-refractivity contribution is -0.142. The number of nitrogens with one attached hydrogen (secondary N) is 1. The van der Waals surface area contributed by atoms with Crippen LogP contribution in [0.5, 0.6) is 5.75 Å². The molecule has 110 valence electrons. The molecule has 2 N–H and O–H groups in total. The Balaban J connectivity index is 2.98. The summed E-state index contributed by atoms with van der Waals surface area (Å²) in [5, 5.41) is 11.5. The number of rotatable bonds is 4. The van der Waals surface area contributed by atoms with Crippen molar-refractivity contribution in [1.82, 2.24) is 5.32 Å². The summed E-state index contributed by atoms with van der Waals surface area (Å²) in [4.78, 5) is 23.1. The van der Waals surface area contributed by atoms with Crippen LogP contribution in [0.4, 0.5) is 4.39 Å². The minimum atomic E-state index is -1.17. The van der Waals surface area contributed by atoms with E-state index in [1.165, 1.54) is 19.2 Å². The van der Waals surface area contributed by atoms with Crippen molar-refractivity contribution in [1.29, 1.82) is 0 Å². The standard InChI is InChI=1S/C14H18FNO4/c1-14(2,3)11(13(18)19)16-12(17)9-6-5-8(20-4)7-10(9)15/h5-7,11H,1-4H3,(H,16,17)(H,18,19)/t11-/m0/s1. The monoisotopic (exact) mass is 283 g/mol. The van der Waals surface area contributed by atoms with Crippen molar-refractivity contribution < 1.29 is 23.8 Å². The van der Waals surface area contributed by atoms with Gasteiger partial charge in [-0.1, -0.05) is 20.8 Å². The molecule has 0 saturated carbocycles. The predicted molar refractivity (Wildman–Crippen MR) is 71.3 cm³/mol. The molecule has 1 atom stereocenters. The number of halogens is 1. The van der Waals surface area contributed by atoms with Gasteiger partial charge < -0.3 is 15.2 Å². The van der Waals surface area contributed by atoms with Gasteiger partial charge in [0.2, 0.25) is 0 Å². The highest BCUT2D eigenvalue weighted by Gasteiger charge is 2.33. The van der Waals surface area contributed by atoms with Gasteiger partial charge in [0.15, 0.2) is 0 Å². The SMILES string of the molecule is COc1ccc(C(=O)N[C@@H](C(=O)O)C(C)(C)C)c(F)c1. The topological polar surface area (TPSA) is 75.6 Å². The van der Waals surface area contributed by atoms with E-state index in [4.69, 9.17) is 9.84 Å². The number of carbonyl (C=O) groups is 2. The van der Waals surface area contributed by atoms with Gasteiger partial charge in [0.25, 0.3) is 5.91 Å². The molecule has 0 aliphatic heterocycles. The van der Waals surface area contributed by atoms with Crippen LogP contribution in [0.25, 0.3) is 0 Å². The molecule has 0 bridgehead atoms. The van der Waals surface area contributed by atoms with Gasteiger partial charge in [0, 0.05) is 6.07 Å². The summed E-state index contributed by atoms with van der Waals surface area (Å²) < 4.78 is 18.6. The number of hydrogen-bond acceptors (Lipinski definition) is 3. The third-order valence-corrected chi connectivity index (χ3v) is 2.81. The molecule has 0 saturated heterocycles. The van der Waals surface area contributed by atoms with E-state index in [1.54, 1.807) is 20.8 Å². The van der Waals surface area contributed by atoms with Crippen molar-refractivity contribution in [3.63, 3.8) is 0 Å². The van der Waals surface area contributed by atoms with Crippen LogP contribution in [-0.4, -0.2) is 30.1 Å². The van der Waals surface area contributed by atoms with E-state index in [0.717, 1.165) is 6.07 Å². The fraction of sp³-hybridized carbons (Fsp3) is 0.429. The third-order valence-electron chi connectivity index (χ3n) is 2.81. The smallest absolute Gasteiger partial charge is 0.326 e. The zero-order valence-electron chi connectivity index (χ0n) is 11.9. The number of methoxy groups -OCH3 is 1. The van der Waals surface area contributed by atoms with Gasteiger partial charge >= 0.3 is 5.97 Å². The molecule has 0 fully saturated rings. The Morgan fingerprint density at radius 1 is 1.35 bits per heavy atom. The average molecular weight is 283 g/mol. The largest absolute Gasteiger partial charge is 0.497 e. The molecule has 1 aromatic rings. The van der Waals surface area contributed by atoms with Crippen LogP contribution in [0.2, 0.25) is 0 Å². The zero-order valence-corrected chi connectivity index (χ0v) is 11.9. The number of carboxylic acid groups (broad SMARTS) is 1. The van der Waals surface area contributed by atoms with Crippen LogP contribution in [-0.2, 0) is 4.79 Å². The summed E-state index contributed by atoms with van der Waals surface area (Å²) in [5.41, 5.74) is -0.911. The highest BCUT2D eigenvalue weighted by atomic mass is 19.1. The molecule has 1 aromatic carbocycles. The Kier molecular flexibility index (Phi) is 4.70. The van der Waals surface area contributed by atoms with E-state index in [2.05, 4.69) is 5.32 Å². The molecule has 20 heavy (non-hydrogen) atoms. The lowest BCUT2D eigenvalue weighted by Gasteiger charge is -2.27. The van der Waals surface area contributed by atoms with Crippen molar-refractivity contribution in [3.05, 3.63) is 29.6 Å². The van der Waals surface area contributed by atoms with Crippen molar-refractivity contribution in [3.8, 4) is 5.75 Å². The number of carboxylic acids is 1. The van der Waals surface area contributed by atoms with Crippen LogP contribution in [0.15, 0.2) is 18.2 Å². The third kappa shape index (κ3) is 3.69. The second-order valence-electron chi connectivity index (χ2n) is 5.46. The fourth-order valence-corrected chi connectivity index (χ4v) is 1.66. The van der Waals surface area contributed by atoms with E-state index in [0.29, 0.717) is 0 Å². The summed E-state index contributed by atoms with van der Waals surface area (Å²) in [6.45, 7) is 5.03. The van der Waals surface area contributed by atoms with Gasteiger partial charge in [0.1, 0.15) is 17.6 Å². The lowest BCUT2D eigenvalue weighted by atomic mass is 9.86. The number of amides is 1. The first-order chi connectivity index (χ1) is 9.16. The number of hydrogen-bond donors (Lipinski definition) is 2. The van der Waals surface area contributed by atoms with Crippen LogP contribution < -0.4 is 10.1 Å². The second kappa shape index (κ2) is 5.90. The van der Waals surface area contributed by atoms with Crippen molar-refractivity contribution in [2.45, 2.75) is 26.8 Å². The zero-order chi connectivity index (χ0) is 15.5. The number of aliphatic carboxylic acids is 1. The van der Waals surface area contributed by atoms with Crippen molar-refractivity contribution >= 4 is 11.9 Å². The van der Waals surface area contributed by atoms with Gasteiger partial charge in [0.05, 0.1) is 12.7 Å². The molecule has 0 aromatic heterocycles. The van der Waals surface area contributed by atoms with Crippen molar-refractivity contribution in [2.24, 2.45) is 5.41 Å². The van der Waals surface area contributed by atoms with Crippen LogP contribution in [0.1, 0.15) is 31.1 Å². The van der Waals surface area contributed by atoms with E-state index >= 15 is 0 Å². The molecule has 1 rings (SSSR count). The molecule has 0 spiro atoms. The van der Waals surface area contributed by atoms with E-state index < -0.39 is 29.2 Å². The van der Waals surface area contributed by atoms with Crippen LogP contribution >= 0.6 is 0 Å². The maximum absolute atomic E-state index is 13.7. The first-order valence-corrected chi connectivity index (χ1v) is 6.04. The van der Waals surface area contributed by atoms with Crippen LogP contribution in [0.3, 0.4) is 0 Å². The molecular weight excluding hydrogens is 265 g/mol. The molecule has 0 aliphatic rings. The summed E-state index contributed by atoms with van der Waals surface area (Å²) in [6, 6.07) is 2.65. The number of benzene rings is 1. The Hall–Kier alpha value is -2.11. The molecule has 0 unspecified atom stereocenters. The normalized spacial score (nSPS) is 12.7. The molecule has 5 nitrogen and oxygen atoms in total. The molecule has 0 heterocycles. The summed E-state index contributed by atoms with van der Waals surface area (Å²) in [6.07, 6.45) is 0. The fourth-order valence-electron chi connectivity index (χ4n) is 1.66. The first kappa shape index (κ1) is 15.9. The second-order valence-corrected chi connectivity index (χ2v) is 5.46. The Labute approximate surface area is 116 Å². The summed E-state index contributed by atoms with van der Waals surface area (Å²) in [7, 11) is 1.38. The van der Waals surface area contributed by atoms with Gasteiger partial charge in [-0.25, -0.2) is 9.18 Å². The van der Waals surface area contributed by atoms with Gasteiger partial charge in [-0.15, -0.1) is 0 Å². The lowest BCUT2D eigenvalue weighted by Crippen LogP contribution is -2.49. The Morgan fingerprint density at radius 2 is 1.95 bits per heavy atom. The van der Waals surface area contributed by atoms with Crippen molar-refractivity contribution in [2.75, 3.05) is 7.11 Å². The molecule has 6 heteroatoms.